The Balaban J connectivity index is 2.34. The molecule has 0 unspecified atom stereocenters. The molecule has 0 bridgehead atoms. The molecule has 0 aliphatic heterocycles. The topological polar surface area (TPSA) is 77.5 Å². The van der Waals surface area contributed by atoms with Crippen molar-refractivity contribution in [2.45, 2.75) is 38.5 Å². The van der Waals surface area contributed by atoms with Crippen molar-refractivity contribution in [2.75, 3.05) is 7.11 Å². The van der Waals surface area contributed by atoms with E-state index in [0.717, 1.165) is 12.0 Å². The highest BCUT2D eigenvalue weighted by Crippen LogP contribution is 2.38. The van der Waals surface area contributed by atoms with Gasteiger partial charge in [0.05, 0.1) is 7.11 Å². The molecule has 1 aliphatic rings. The maximum Gasteiger partial charge on any atom is 0.316 e. The smallest absolute Gasteiger partial charge is 0.316 e. The quantitative estimate of drug-likeness (QED) is 0.591. The Morgan fingerprint density at radius 3 is 2.42 bits per heavy atom. The monoisotopic (exact) mass is 330 g/mol. The second-order valence-electron chi connectivity index (χ2n) is 6.09. The van der Waals surface area contributed by atoms with E-state index < -0.39 is 35.3 Å². The Kier molecular flexibility index (Phi) is 6.01. The van der Waals surface area contributed by atoms with E-state index in [1.54, 1.807) is 24.3 Å². The number of ketones is 3. The highest BCUT2D eigenvalue weighted by molar-refractivity contribution is 6.25. The molecule has 0 radical (unpaired) electrons. The lowest BCUT2D eigenvalue weighted by atomic mass is 9.68. The minimum Gasteiger partial charge on any atom is -0.468 e. The predicted octanol–water partition coefficient (Wildman–Crippen LogP) is 2.48. The summed E-state index contributed by atoms with van der Waals surface area (Å²) in [5, 5.41) is 0. The molecule has 1 fully saturated rings. The van der Waals surface area contributed by atoms with Crippen LogP contribution in [0.25, 0.3) is 0 Å². The van der Waals surface area contributed by atoms with Crippen LogP contribution in [0.1, 0.15) is 44.1 Å². The summed E-state index contributed by atoms with van der Waals surface area (Å²) in [5.41, 5.74) is 0.731. The first kappa shape index (κ1) is 18.0. The van der Waals surface area contributed by atoms with Gasteiger partial charge >= 0.3 is 5.97 Å². The summed E-state index contributed by atoms with van der Waals surface area (Å²) in [6.07, 6.45) is 1.61. The fourth-order valence-corrected chi connectivity index (χ4v) is 3.24. The average Bonchev–Trinajstić information content (AvgIpc) is 2.59. The van der Waals surface area contributed by atoms with Crippen LogP contribution in [-0.4, -0.2) is 30.4 Å². The van der Waals surface area contributed by atoms with Crippen molar-refractivity contribution in [3.63, 3.8) is 0 Å². The van der Waals surface area contributed by atoms with Crippen molar-refractivity contribution in [1.29, 1.82) is 0 Å². The van der Waals surface area contributed by atoms with Gasteiger partial charge in [-0.2, -0.15) is 0 Å². The molecule has 3 atom stereocenters. The molecule has 1 aliphatic carbocycles. The molecule has 0 aromatic heterocycles. The molecule has 0 N–H and O–H groups in total. The van der Waals surface area contributed by atoms with E-state index >= 15 is 0 Å². The number of benzene rings is 1. The molecule has 0 saturated heterocycles. The van der Waals surface area contributed by atoms with Gasteiger partial charge in [0.2, 0.25) is 0 Å². The lowest BCUT2D eigenvalue weighted by Gasteiger charge is -2.32. The Bertz CT molecular complexity index is 634. The summed E-state index contributed by atoms with van der Waals surface area (Å²) in [6.45, 7) is 1.93. The number of hydrogen-bond acceptors (Lipinski definition) is 5. The number of unbranched alkanes of at least 4 members (excludes halogenated alkanes) is 1. The molecule has 0 spiro atoms. The van der Waals surface area contributed by atoms with Crippen LogP contribution in [0.15, 0.2) is 30.3 Å². The van der Waals surface area contributed by atoms with E-state index in [9.17, 15) is 19.2 Å². The van der Waals surface area contributed by atoms with Crippen molar-refractivity contribution < 1.29 is 23.9 Å². The van der Waals surface area contributed by atoms with Gasteiger partial charge in [-0.05, 0) is 12.0 Å². The molecular formula is C19H22O5. The fourth-order valence-electron chi connectivity index (χ4n) is 3.24. The SMILES string of the molecule is CCCCC(=O)[C@@H]1C(=O)C[C@@H](c2ccccc2)[C@@H](C(=O)OC)C1=O. The molecule has 2 rings (SSSR count). The molecule has 5 nitrogen and oxygen atoms in total. The van der Waals surface area contributed by atoms with Crippen LogP contribution in [0.4, 0.5) is 0 Å². The van der Waals surface area contributed by atoms with Gasteiger partial charge in [0.25, 0.3) is 0 Å². The second-order valence-corrected chi connectivity index (χ2v) is 6.09. The van der Waals surface area contributed by atoms with Crippen molar-refractivity contribution in [3.8, 4) is 0 Å². The van der Waals surface area contributed by atoms with Crippen LogP contribution in [-0.2, 0) is 23.9 Å². The Morgan fingerprint density at radius 2 is 1.83 bits per heavy atom. The summed E-state index contributed by atoms with van der Waals surface area (Å²) in [5.74, 6) is -5.08. The number of rotatable bonds is 6. The van der Waals surface area contributed by atoms with Crippen LogP contribution < -0.4 is 0 Å². The number of ether oxygens (including phenoxy) is 1. The van der Waals surface area contributed by atoms with Gasteiger partial charge in [0, 0.05) is 18.8 Å². The average molecular weight is 330 g/mol. The maximum absolute atomic E-state index is 12.8. The molecule has 5 heteroatoms. The zero-order valence-electron chi connectivity index (χ0n) is 14.0. The van der Waals surface area contributed by atoms with Gasteiger partial charge in [-0.15, -0.1) is 0 Å². The number of carbonyl (C=O) groups excluding carboxylic acids is 4. The lowest BCUT2D eigenvalue weighted by Crippen LogP contribution is -2.47. The summed E-state index contributed by atoms with van der Waals surface area (Å²) >= 11 is 0. The van der Waals surface area contributed by atoms with Crippen molar-refractivity contribution in [3.05, 3.63) is 35.9 Å². The van der Waals surface area contributed by atoms with E-state index in [2.05, 4.69) is 0 Å². The van der Waals surface area contributed by atoms with E-state index in [1.165, 1.54) is 7.11 Å². The van der Waals surface area contributed by atoms with Gasteiger partial charge in [0.15, 0.2) is 17.3 Å². The van der Waals surface area contributed by atoms with Gasteiger partial charge in [-0.1, -0.05) is 43.7 Å². The van der Waals surface area contributed by atoms with E-state index in [1.807, 2.05) is 13.0 Å². The molecule has 0 heterocycles. The van der Waals surface area contributed by atoms with Crippen molar-refractivity contribution in [1.82, 2.24) is 0 Å². The third-order valence-electron chi connectivity index (χ3n) is 4.52. The summed E-state index contributed by atoms with van der Waals surface area (Å²) in [6, 6.07) is 8.95. The zero-order valence-corrected chi connectivity index (χ0v) is 14.0. The molecule has 1 aromatic rings. The predicted molar refractivity (Wildman–Crippen MR) is 87.3 cm³/mol. The first-order valence-corrected chi connectivity index (χ1v) is 8.23. The number of Topliss-reactive ketones (excluding diaryl/α,β-unsaturated/α-hetero) is 3. The van der Waals surface area contributed by atoms with E-state index in [-0.39, 0.29) is 18.6 Å². The number of hydrogen-bond donors (Lipinski definition) is 0. The van der Waals surface area contributed by atoms with E-state index in [0.29, 0.717) is 6.42 Å². The first-order valence-electron chi connectivity index (χ1n) is 8.23. The number of esters is 1. The number of carbonyl (C=O) groups is 4. The van der Waals surface area contributed by atoms with Crippen LogP contribution in [0.3, 0.4) is 0 Å². The largest absolute Gasteiger partial charge is 0.468 e. The summed E-state index contributed by atoms with van der Waals surface area (Å²) in [7, 11) is 1.21. The molecular weight excluding hydrogens is 308 g/mol. The highest BCUT2D eigenvalue weighted by atomic mass is 16.5. The van der Waals surface area contributed by atoms with Gasteiger partial charge in [-0.25, -0.2) is 0 Å². The first-order chi connectivity index (χ1) is 11.5. The molecule has 24 heavy (non-hydrogen) atoms. The normalized spacial score (nSPS) is 23.8. The zero-order chi connectivity index (χ0) is 17.7. The Morgan fingerprint density at radius 1 is 1.17 bits per heavy atom. The Labute approximate surface area is 141 Å². The molecule has 1 saturated carbocycles. The van der Waals surface area contributed by atoms with Crippen LogP contribution in [0, 0.1) is 11.8 Å². The highest BCUT2D eigenvalue weighted by Gasteiger charge is 2.50. The van der Waals surface area contributed by atoms with Crippen molar-refractivity contribution in [2.24, 2.45) is 11.8 Å². The minimum atomic E-state index is -1.32. The van der Waals surface area contributed by atoms with Crippen LogP contribution in [0.5, 0.6) is 0 Å². The standard InChI is InChI=1S/C19H22O5/c1-3-4-10-14(20)17-15(21)11-13(12-8-6-5-7-9-12)16(18(17)22)19(23)24-2/h5-9,13,16-17H,3-4,10-11H2,1-2H3/t13-,16+,17+/m0/s1. The molecule has 1 aromatic carbocycles. The van der Waals surface area contributed by atoms with Crippen molar-refractivity contribution >= 4 is 23.3 Å². The summed E-state index contributed by atoms with van der Waals surface area (Å²) in [4.78, 5) is 49.7. The van der Waals surface area contributed by atoms with Gasteiger partial charge in [-0.3, -0.25) is 19.2 Å². The third-order valence-corrected chi connectivity index (χ3v) is 4.52. The van der Waals surface area contributed by atoms with E-state index in [4.69, 9.17) is 4.74 Å². The molecule has 0 amide bonds. The maximum atomic E-state index is 12.8. The van der Waals surface area contributed by atoms with Gasteiger partial charge in [0.1, 0.15) is 11.8 Å². The molecule has 128 valence electrons. The second kappa shape index (κ2) is 7.99. The van der Waals surface area contributed by atoms with Crippen LogP contribution >= 0.6 is 0 Å². The lowest BCUT2D eigenvalue weighted by molar-refractivity contribution is -0.156. The van der Waals surface area contributed by atoms with Crippen LogP contribution in [0.2, 0.25) is 0 Å². The Hall–Kier alpha value is -2.30. The van der Waals surface area contributed by atoms with Gasteiger partial charge < -0.3 is 4.74 Å². The third kappa shape index (κ3) is 3.61. The fraction of sp³-hybridized carbons (Fsp3) is 0.474. The number of methoxy groups -OCH3 is 1. The summed E-state index contributed by atoms with van der Waals surface area (Å²) < 4.78 is 4.77. The minimum absolute atomic E-state index is 0.00193.